The number of aryl methyl sites for hydroxylation is 1. The van der Waals surface area contributed by atoms with E-state index in [-0.39, 0.29) is 17.7 Å². The summed E-state index contributed by atoms with van der Waals surface area (Å²) >= 11 is 0. The molecule has 1 aromatic carbocycles. The zero-order valence-electron chi connectivity index (χ0n) is 16.6. The number of nitrogens with one attached hydrogen (secondary N) is 1. The Bertz CT molecular complexity index is 829. The van der Waals surface area contributed by atoms with Gasteiger partial charge in [-0.1, -0.05) is 25.5 Å². The van der Waals surface area contributed by atoms with Gasteiger partial charge in [0.2, 0.25) is 10.0 Å². The van der Waals surface area contributed by atoms with Crippen LogP contribution in [0, 0.1) is 12.8 Å². The first-order valence-electron chi connectivity index (χ1n) is 9.61. The average molecular weight is 461 g/mol. The molecule has 11 heteroatoms. The van der Waals surface area contributed by atoms with Gasteiger partial charge in [0.15, 0.2) is 0 Å². The minimum atomic E-state index is -5.88. The molecule has 0 unspecified atom stereocenters. The van der Waals surface area contributed by atoms with Crippen molar-refractivity contribution in [2.24, 2.45) is 5.92 Å². The van der Waals surface area contributed by atoms with E-state index in [2.05, 4.69) is 4.72 Å². The third-order valence-electron chi connectivity index (χ3n) is 5.71. The molecule has 1 fully saturated rings. The van der Waals surface area contributed by atoms with E-state index in [1.165, 1.54) is 6.07 Å². The molecule has 1 aliphatic carbocycles. The highest BCUT2D eigenvalue weighted by Gasteiger charge is 2.73. The van der Waals surface area contributed by atoms with Gasteiger partial charge in [-0.25, -0.2) is 13.1 Å². The number of alkyl halides is 6. The van der Waals surface area contributed by atoms with Crippen molar-refractivity contribution in [3.8, 4) is 0 Å². The highest BCUT2D eigenvalue weighted by Crippen LogP contribution is 2.51. The number of aliphatic hydroxyl groups is 1. The van der Waals surface area contributed by atoms with Gasteiger partial charge in [-0.05, 0) is 56.2 Å². The Morgan fingerprint density at radius 2 is 1.57 bits per heavy atom. The van der Waals surface area contributed by atoms with Gasteiger partial charge < -0.3 is 5.11 Å². The summed E-state index contributed by atoms with van der Waals surface area (Å²) in [5.74, 6) is -2.09. The van der Waals surface area contributed by atoms with Crippen LogP contribution in [-0.4, -0.2) is 37.5 Å². The maximum Gasteiger partial charge on any atom is 0.426 e. The van der Waals surface area contributed by atoms with Crippen LogP contribution >= 0.6 is 0 Å². The number of rotatable bonds is 6. The van der Waals surface area contributed by atoms with E-state index in [9.17, 15) is 39.9 Å². The first-order valence-corrected chi connectivity index (χ1v) is 11.1. The second kappa shape index (κ2) is 8.66. The highest BCUT2D eigenvalue weighted by molar-refractivity contribution is 7.89. The molecule has 0 aromatic heterocycles. The molecule has 4 nitrogen and oxygen atoms in total. The highest BCUT2D eigenvalue weighted by atomic mass is 32.2. The van der Waals surface area contributed by atoms with E-state index >= 15 is 0 Å². The fourth-order valence-electron chi connectivity index (χ4n) is 4.03. The second-order valence-electron chi connectivity index (χ2n) is 7.72. The van der Waals surface area contributed by atoms with Crippen LogP contribution < -0.4 is 4.72 Å². The van der Waals surface area contributed by atoms with E-state index < -0.39 is 52.8 Å². The molecule has 2 rings (SSSR count). The Hall–Kier alpha value is -1.33. The molecule has 1 saturated carbocycles. The quantitative estimate of drug-likeness (QED) is 0.607. The van der Waals surface area contributed by atoms with E-state index in [1.807, 2.05) is 6.92 Å². The molecular weight excluding hydrogens is 436 g/mol. The van der Waals surface area contributed by atoms with Gasteiger partial charge in [-0.2, -0.15) is 26.3 Å². The van der Waals surface area contributed by atoms with Crippen LogP contribution in [0.1, 0.15) is 50.2 Å². The number of benzene rings is 1. The first kappa shape index (κ1) is 24.9. The number of sulfonamides is 1. The van der Waals surface area contributed by atoms with Crippen molar-refractivity contribution in [2.75, 3.05) is 0 Å². The van der Waals surface area contributed by atoms with Gasteiger partial charge in [-0.3, -0.25) is 0 Å². The monoisotopic (exact) mass is 461 g/mol. The van der Waals surface area contributed by atoms with Gasteiger partial charge in [-0.15, -0.1) is 0 Å². The summed E-state index contributed by atoms with van der Waals surface area (Å²) in [5, 5.41) is 9.53. The van der Waals surface area contributed by atoms with Crippen LogP contribution in [0.15, 0.2) is 23.1 Å². The van der Waals surface area contributed by atoms with Gasteiger partial charge in [0, 0.05) is 12.0 Å². The van der Waals surface area contributed by atoms with Crippen molar-refractivity contribution in [1.82, 2.24) is 4.72 Å². The summed E-state index contributed by atoms with van der Waals surface area (Å²) in [6.07, 6.45) is -12.0. The standard InChI is InChI=1S/C19H25F6NO3S/c1-3-5-13-6-4-7-16(12(13)2)30(28,29)26-15-10-8-14(9-11-15)17(27,18(20,21)22)19(23,24)25/h4,6-7,14-15,26-27H,3,5,8-11H2,1-2H3. The molecule has 0 heterocycles. The van der Waals surface area contributed by atoms with Gasteiger partial charge in [0.05, 0.1) is 4.90 Å². The van der Waals surface area contributed by atoms with Crippen LogP contribution in [0.3, 0.4) is 0 Å². The first-order chi connectivity index (χ1) is 13.6. The Morgan fingerprint density at radius 3 is 2.03 bits per heavy atom. The second-order valence-corrected chi connectivity index (χ2v) is 9.40. The van der Waals surface area contributed by atoms with Crippen LogP contribution in [0.4, 0.5) is 26.3 Å². The lowest BCUT2D eigenvalue weighted by Gasteiger charge is -2.41. The Morgan fingerprint density at radius 1 is 1.03 bits per heavy atom. The predicted octanol–water partition coefficient (Wildman–Crippen LogP) is 4.64. The van der Waals surface area contributed by atoms with Crippen molar-refractivity contribution < 1.29 is 39.9 Å². The van der Waals surface area contributed by atoms with Crippen molar-refractivity contribution in [2.45, 2.75) is 81.3 Å². The summed E-state index contributed by atoms with van der Waals surface area (Å²) in [6, 6.07) is 3.99. The lowest BCUT2D eigenvalue weighted by molar-refractivity contribution is -0.387. The molecule has 0 aliphatic heterocycles. The maximum absolute atomic E-state index is 13.0. The van der Waals surface area contributed by atoms with Gasteiger partial charge in [0.25, 0.3) is 5.60 Å². The summed E-state index contributed by atoms with van der Waals surface area (Å²) in [7, 11) is -4.00. The lowest BCUT2D eigenvalue weighted by atomic mass is 9.74. The largest absolute Gasteiger partial charge is 0.426 e. The Labute approximate surface area is 171 Å². The topological polar surface area (TPSA) is 66.4 Å². The third kappa shape index (κ3) is 4.77. The van der Waals surface area contributed by atoms with Crippen molar-refractivity contribution >= 4 is 10.0 Å². The molecule has 1 aromatic rings. The maximum atomic E-state index is 13.0. The summed E-state index contributed by atoms with van der Waals surface area (Å²) < 4.78 is 106. The summed E-state index contributed by atoms with van der Waals surface area (Å²) in [4.78, 5) is 0.0395. The SMILES string of the molecule is CCCc1cccc(S(=O)(=O)NC2CCC(C(O)(C(F)(F)F)C(F)(F)F)CC2)c1C. The van der Waals surface area contributed by atoms with Crippen molar-refractivity contribution in [3.63, 3.8) is 0 Å². The number of hydrogen-bond acceptors (Lipinski definition) is 3. The van der Waals surface area contributed by atoms with Crippen LogP contribution in [0.2, 0.25) is 0 Å². The molecule has 0 spiro atoms. The molecular formula is C19H25F6NO3S. The van der Waals surface area contributed by atoms with Crippen LogP contribution in [0.25, 0.3) is 0 Å². The van der Waals surface area contributed by atoms with Gasteiger partial charge >= 0.3 is 12.4 Å². The predicted molar refractivity (Wildman–Crippen MR) is 98.3 cm³/mol. The molecule has 172 valence electrons. The lowest BCUT2D eigenvalue weighted by Crippen LogP contribution is -2.62. The summed E-state index contributed by atoms with van der Waals surface area (Å²) in [6.45, 7) is 3.60. The fraction of sp³-hybridized carbons (Fsp3) is 0.684. The van der Waals surface area contributed by atoms with Crippen LogP contribution in [-0.2, 0) is 16.4 Å². The molecule has 0 amide bonds. The summed E-state index contributed by atoms with van der Waals surface area (Å²) in [5.41, 5.74) is -3.40. The fourth-order valence-corrected chi connectivity index (χ4v) is 5.62. The zero-order valence-corrected chi connectivity index (χ0v) is 17.4. The molecule has 30 heavy (non-hydrogen) atoms. The molecule has 0 saturated heterocycles. The van der Waals surface area contributed by atoms with Crippen LogP contribution in [0.5, 0.6) is 0 Å². The van der Waals surface area contributed by atoms with E-state index in [0.717, 1.165) is 12.0 Å². The third-order valence-corrected chi connectivity index (χ3v) is 7.37. The molecule has 0 bridgehead atoms. The minimum absolute atomic E-state index is 0.0395. The number of halogens is 6. The minimum Gasteiger partial charge on any atom is -0.373 e. The molecule has 2 N–H and O–H groups in total. The normalized spacial score (nSPS) is 21.6. The number of hydrogen-bond donors (Lipinski definition) is 2. The van der Waals surface area contributed by atoms with Crippen molar-refractivity contribution in [1.29, 1.82) is 0 Å². The van der Waals surface area contributed by atoms with E-state index in [0.29, 0.717) is 12.0 Å². The Balaban J connectivity index is 2.15. The van der Waals surface area contributed by atoms with E-state index in [1.54, 1.807) is 19.1 Å². The molecule has 1 aliphatic rings. The average Bonchev–Trinajstić information content (AvgIpc) is 2.61. The Kier molecular flexibility index (Phi) is 7.20. The van der Waals surface area contributed by atoms with Crippen molar-refractivity contribution in [3.05, 3.63) is 29.3 Å². The zero-order chi connectivity index (χ0) is 23.0. The molecule has 0 atom stereocenters. The van der Waals surface area contributed by atoms with E-state index in [4.69, 9.17) is 0 Å². The van der Waals surface area contributed by atoms with Gasteiger partial charge in [0.1, 0.15) is 0 Å². The molecule has 0 radical (unpaired) electrons. The smallest absolute Gasteiger partial charge is 0.373 e.